The number of alkyl halides is 3. The van der Waals surface area contributed by atoms with E-state index in [1.807, 2.05) is 30.3 Å². The van der Waals surface area contributed by atoms with Crippen LogP contribution in [0.4, 0.5) is 13.2 Å². The van der Waals surface area contributed by atoms with E-state index in [1.54, 1.807) is 0 Å². The van der Waals surface area contributed by atoms with Crippen LogP contribution in [0.15, 0.2) is 60.7 Å². The fourth-order valence-electron chi connectivity index (χ4n) is 4.30. The summed E-state index contributed by atoms with van der Waals surface area (Å²) in [5.74, 6) is -1.83. The highest BCUT2D eigenvalue weighted by Gasteiger charge is 2.40. The molecular formula is C26H35F3N4O. The van der Waals surface area contributed by atoms with Gasteiger partial charge in [-0.2, -0.15) is 13.2 Å². The number of nitrogens with zero attached hydrogens (tertiary/aromatic N) is 2. The SMILES string of the molecule is NC1CCN(Cc2ccccc2)CC1.O=C(NC1CCN(Cc2ccccc2)CC1)C(F)(F)F. The molecule has 0 radical (unpaired) electrons. The second-order valence-electron chi connectivity index (χ2n) is 9.11. The van der Waals surface area contributed by atoms with E-state index in [-0.39, 0.29) is 6.04 Å². The molecule has 5 nitrogen and oxygen atoms in total. The number of nitrogens with two attached hydrogens (primary N) is 1. The number of amides is 1. The lowest BCUT2D eigenvalue weighted by atomic mass is 10.0. The Morgan fingerprint density at radius 1 is 0.794 bits per heavy atom. The highest BCUT2D eigenvalue weighted by molar-refractivity contribution is 5.81. The number of hydrogen-bond acceptors (Lipinski definition) is 4. The molecule has 2 fully saturated rings. The van der Waals surface area contributed by atoms with Crippen molar-refractivity contribution in [1.29, 1.82) is 0 Å². The van der Waals surface area contributed by atoms with Crippen molar-refractivity contribution >= 4 is 5.91 Å². The monoisotopic (exact) mass is 476 g/mol. The van der Waals surface area contributed by atoms with Crippen molar-refractivity contribution in [2.24, 2.45) is 5.73 Å². The van der Waals surface area contributed by atoms with Crippen molar-refractivity contribution in [1.82, 2.24) is 15.1 Å². The van der Waals surface area contributed by atoms with Gasteiger partial charge in [0.05, 0.1) is 0 Å². The molecule has 0 saturated carbocycles. The van der Waals surface area contributed by atoms with Gasteiger partial charge in [-0.15, -0.1) is 0 Å². The molecule has 0 spiro atoms. The Labute approximate surface area is 200 Å². The van der Waals surface area contributed by atoms with Crippen molar-refractivity contribution in [3.63, 3.8) is 0 Å². The Hall–Kier alpha value is -2.42. The molecule has 2 aliphatic heterocycles. The van der Waals surface area contributed by atoms with Crippen LogP contribution in [-0.4, -0.2) is 60.1 Å². The molecule has 3 N–H and O–H groups in total. The Morgan fingerprint density at radius 3 is 1.62 bits per heavy atom. The van der Waals surface area contributed by atoms with E-state index in [0.29, 0.717) is 32.0 Å². The summed E-state index contributed by atoms with van der Waals surface area (Å²) in [6, 6.07) is 20.6. The van der Waals surface area contributed by atoms with Gasteiger partial charge in [-0.3, -0.25) is 14.6 Å². The molecule has 2 aromatic carbocycles. The molecule has 2 heterocycles. The second-order valence-corrected chi connectivity index (χ2v) is 9.11. The largest absolute Gasteiger partial charge is 0.471 e. The topological polar surface area (TPSA) is 61.6 Å². The normalized spacial score (nSPS) is 18.7. The van der Waals surface area contributed by atoms with Crippen molar-refractivity contribution in [2.45, 2.75) is 57.0 Å². The third-order valence-electron chi connectivity index (χ3n) is 6.31. The van der Waals surface area contributed by atoms with Gasteiger partial charge in [-0.25, -0.2) is 0 Å². The van der Waals surface area contributed by atoms with Gasteiger partial charge >= 0.3 is 12.1 Å². The minimum absolute atomic E-state index is 0.379. The molecule has 0 bridgehead atoms. The third kappa shape index (κ3) is 9.08. The summed E-state index contributed by atoms with van der Waals surface area (Å²) in [5, 5.41) is 2.05. The number of hydrogen-bond donors (Lipinski definition) is 2. The van der Waals surface area contributed by atoms with Crippen LogP contribution >= 0.6 is 0 Å². The average Bonchev–Trinajstić information content (AvgIpc) is 2.83. The van der Waals surface area contributed by atoms with Crippen LogP contribution in [0, 0.1) is 0 Å². The zero-order valence-corrected chi connectivity index (χ0v) is 19.5. The van der Waals surface area contributed by atoms with E-state index in [2.05, 4.69) is 45.4 Å². The number of benzene rings is 2. The summed E-state index contributed by atoms with van der Waals surface area (Å²) < 4.78 is 36.4. The van der Waals surface area contributed by atoms with Gasteiger partial charge < -0.3 is 11.1 Å². The van der Waals surface area contributed by atoms with Crippen LogP contribution in [0.2, 0.25) is 0 Å². The fraction of sp³-hybridized carbons (Fsp3) is 0.500. The Morgan fingerprint density at radius 2 is 1.21 bits per heavy atom. The summed E-state index contributed by atoms with van der Waals surface area (Å²) in [7, 11) is 0. The maximum absolute atomic E-state index is 12.1. The maximum Gasteiger partial charge on any atom is 0.471 e. The van der Waals surface area contributed by atoms with Gasteiger partial charge in [-0.05, 0) is 49.9 Å². The highest BCUT2D eigenvalue weighted by atomic mass is 19.4. The van der Waals surface area contributed by atoms with Crippen LogP contribution in [-0.2, 0) is 17.9 Å². The maximum atomic E-state index is 12.1. The number of rotatable bonds is 5. The first-order valence-corrected chi connectivity index (χ1v) is 12.0. The fourth-order valence-corrected chi connectivity index (χ4v) is 4.30. The number of carbonyl (C=O) groups excluding carboxylic acids is 1. The first kappa shape index (κ1) is 26.2. The van der Waals surface area contributed by atoms with Crippen LogP contribution in [0.3, 0.4) is 0 Å². The first-order valence-electron chi connectivity index (χ1n) is 12.0. The molecule has 0 unspecified atom stereocenters. The molecule has 186 valence electrons. The van der Waals surface area contributed by atoms with Crippen LogP contribution < -0.4 is 11.1 Å². The van der Waals surface area contributed by atoms with Crippen molar-refractivity contribution in [3.05, 3.63) is 71.8 Å². The second kappa shape index (κ2) is 12.9. The predicted octanol–water partition coefficient (Wildman–Crippen LogP) is 3.94. The van der Waals surface area contributed by atoms with Crippen LogP contribution in [0.5, 0.6) is 0 Å². The van der Waals surface area contributed by atoms with Gasteiger partial charge in [0.1, 0.15) is 0 Å². The standard InChI is InChI=1S/C14H17F3N2O.C12H18N2/c15-14(16,17)13(20)18-12-6-8-19(9-7-12)10-11-4-2-1-3-5-11;13-12-6-8-14(9-7-12)10-11-4-2-1-3-5-11/h1-5,12H,6-10H2,(H,18,20);1-5,12H,6-10,13H2. The Balaban J connectivity index is 0.000000202. The Kier molecular flexibility index (Phi) is 9.92. The molecule has 34 heavy (non-hydrogen) atoms. The summed E-state index contributed by atoms with van der Waals surface area (Å²) in [6.45, 7) is 5.55. The van der Waals surface area contributed by atoms with Crippen LogP contribution in [0.1, 0.15) is 36.8 Å². The summed E-state index contributed by atoms with van der Waals surface area (Å²) in [4.78, 5) is 15.5. The molecule has 2 aliphatic rings. The predicted molar refractivity (Wildman–Crippen MR) is 128 cm³/mol. The molecule has 2 aromatic rings. The molecule has 1 amide bonds. The number of halogens is 3. The quantitative estimate of drug-likeness (QED) is 0.686. The third-order valence-corrected chi connectivity index (χ3v) is 6.31. The molecule has 8 heteroatoms. The van der Waals surface area contributed by atoms with Crippen molar-refractivity contribution < 1.29 is 18.0 Å². The highest BCUT2D eigenvalue weighted by Crippen LogP contribution is 2.18. The van der Waals surface area contributed by atoms with Gasteiger partial charge in [0, 0.05) is 38.3 Å². The number of likely N-dealkylation sites (tertiary alicyclic amines) is 2. The molecular weight excluding hydrogens is 441 g/mol. The first-order chi connectivity index (χ1) is 16.3. The lowest BCUT2D eigenvalue weighted by Gasteiger charge is -2.32. The summed E-state index contributed by atoms with van der Waals surface area (Å²) in [6.07, 6.45) is -1.40. The molecule has 2 saturated heterocycles. The molecule has 0 aromatic heterocycles. The number of carbonyl (C=O) groups is 1. The summed E-state index contributed by atoms with van der Waals surface area (Å²) >= 11 is 0. The number of piperidine rings is 2. The molecule has 4 rings (SSSR count). The van der Waals surface area contributed by atoms with E-state index in [4.69, 9.17) is 5.73 Å². The van der Waals surface area contributed by atoms with Crippen molar-refractivity contribution in [2.75, 3.05) is 26.2 Å². The van der Waals surface area contributed by atoms with E-state index in [9.17, 15) is 18.0 Å². The minimum Gasteiger partial charge on any atom is -0.345 e. The van der Waals surface area contributed by atoms with E-state index in [0.717, 1.165) is 39.0 Å². The van der Waals surface area contributed by atoms with Crippen LogP contribution in [0.25, 0.3) is 0 Å². The molecule has 0 atom stereocenters. The van der Waals surface area contributed by atoms with E-state index in [1.165, 1.54) is 11.1 Å². The van der Waals surface area contributed by atoms with Gasteiger partial charge in [0.15, 0.2) is 0 Å². The van der Waals surface area contributed by atoms with Gasteiger partial charge in [0.25, 0.3) is 0 Å². The zero-order valence-electron chi connectivity index (χ0n) is 19.5. The van der Waals surface area contributed by atoms with E-state index >= 15 is 0 Å². The van der Waals surface area contributed by atoms with E-state index < -0.39 is 12.1 Å². The van der Waals surface area contributed by atoms with Gasteiger partial charge in [0.2, 0.25) is 0 Å². The average molecular weight is 477 g/mol. The van der Waals surface area contributed by atoms with Crippen molar-refractivity contribution in [3.8, 4) is 0 Å². The zero-order chi connectivity index (χ0) is 24.4. The minimum atomic E-state index is -4.79. The smallest absolute Gasteiger partial charge is 0.345 e. The number of nitrogens with one attached hydrogen (secondary N) is 1. The Bertz CT molecular complexity index is 847. The molecule has 0 aliphatic carbocycles. The lowest BCUT2D eigenvalue weighted by molar-refractivity contribution is -0.174. The van der Waals surface area contributed by atoms with Gasteiger partial charge in [-0.1, -0.05) is 60.7 Å². The summed E-state index contributed by atoms with van der Waals surface area (Å²) in [5.41, 5.74) is 8.45. The lowest BCUT2D eigenvalue weighted by Crippen LogP contribution is -2.48.